The minimum Gasteiger partial charge on any atom is -0.493 e. The number of fused-ring (bicyclic) bond motifs is 1. The van der Waals surface area contributed by atoms with E-state index in [1.165, 1.54) is 0 Å². The number of hydrogen-bond acceptors (Lipinski definition) is 6. The van der Waals surface area contributed by atoms with Crippen molar-refractivity contribution in [2.24, 2.45) is 0 Å². The number of nitrogens with one attached hydrogen (secondary N) is 1. The Morgan fingerprint density at radius 2 is 1.78 bits per heavy atom. The van der Waals surface area contributed by atoms with Gasteiger partial charge in [-0.15, -0.1) is 0 Å². The van der Waals surface area contributed by atoms with Gasteiger partial charge in [0.25, 0.3) is 5.91 Å². The summed E-state index contributed by atoms with van der Waals surface area (Å²) in [5.41, 5.74) is 2.25. The van der Waals surface area contributed by atoms with E-state index in [-0.39, 0.29) is 16.8 Å². The van der Waals surface area contributed by atoms with Gasteiger partial charge in [0.05, 0.1) is 17.5 Å². The lowest BCUT2D eigenvalue weighted by Crippen LogP contribution is -2.20. The second-order valence-electron chi connectivity index (χ2n) is 8.01. The minimum absolute atomic E-state index is 0.200. The summed E-state index contributed by atoms with van der Waals surface area (Å²) in [5, 5.41) is 16.9. The number of ether oxygens (including phenoxy) is 2. The number of aliphatic carboxylic acids is 1. The van der Waals surface area contributed by atoms with Crippen LogP contribution in [-0.4, -0.2) is 28.7 Å². The van der Waals surface area contributed by atoms with Crippen molar-refractivity contribution in [3.63, 3.8) is 0 Å². The normalized spacial score (nSPS) is 14.4. The Kier molecular flexibility index (Phi) is 6.54. The zero-order valence-electron chi connectivity index (χ0n) is 18.5. The number of benzene rings is 3. The summed E-state index contributed by atoms with van der Waals surface area (Å²) < 4.78 is 16.7. The zero-order chi connectivity index (χ0) is 25.2. The predicted molar refractivity (Wildman–Crippen MR) is 133 cm³/mol. The number of carbonyl (C=O) groups excluding carboxylic acids is 1. The molecule has 1 amide bonds. The summed E-state index contributed by atoms with van der Waals surface area (Å²) in [4.78, 5) is 24.1. The van der Waals surface area contributed by atoms with E-state index in [0.29, 0.717) is 52.1 Å². The number of halogens is 2. The maximum absolute atomic E-state index is 12.6. The van der Waals surface area contributed by atoms with E-state index in [1.54, 1.807) is 66.7 Å². The molecular formula is C26H18Cl2N2O6. The highest BCUT2D eigenvalue weighted by Gasteiger charge is 2.29. The first kappa shape index (κ1) is 23.7. The fraction of sp³-hybridized carbons (Fsp3) is 0.115. The van der Waals surface area contributed by atoms with E-state index in [4.69, 9.17) is 37.2 Å². The van der Waals surface area contributed by atoms with Crippen LogP contribution in [-0.2, 0) is 4.79 Å². The Bertz CT molecular complexity index is 1430. The second-order valence-corrected chi connectivity index (χ2v) is 8.86. The van der Waals surface area contributed by atoms with Gasteiger partial charge in [0.2, 0.25) is 5.88 Å². The van der Waals surface area contributed by atoms with Crippen molar-refractivity contribution in [1.82, 2.24) is 5.16 Å². The molecule has 2 N–H and O–H groups in total. The molecule has 0 fully saturated rings. The molecule has 1 atom stereocenters. The lowest BCUT2D eigenvalue weighted by molar-refractivity contribution is -0.139. The maximum Gasteiger partial charge on any atom is 0.311 e. The molecule has 10 heteroatoms. The first-order chi connectivity index (χ1) is 17.4. The highest BCUT2D eigenvalue weighted by Crippen LogP contribution is 2.41. The summed E-state index contributed by atoms with van der Waals surface area (Å²) in [5.74, 6) is -0.617. The van der Waals surface area contributed by atoms with Crippen LogP contribution in [0.25, 0.3) is 11.3 Å². The van der Waals surface area contributed by atoms with Gasteiger partial charge in [0, 0.05) is 33.8 Å². The molecule has 0 radical (unpaired) electrons. The van der Waals surface area contributed by atoms with Gasteiger partial charge in [-0.25, -0.2) is 0 Å². The van der Waals surface area contributed by atoms with Gasteiger partial charge in [-0.3, -0.25) is 14.9 Å². The summed E-state index contributed by atoms with van der Waals surface area (Å²) in [7, 11) is 0. The van der Waals surface area contributed by atoms with Crippen LogP contribution in [0.1, 0.15) is 28.3 Å². The lowest BCUT2D eigenvalue weighted by atomic mass is 9.93. The van der Waals surface area contributed by atoms with Gasteiger partial charge in [-0.1, -0.05) is 40.5 Å². The van der Waals surface area contributed by atoms with Crippen molar-refractivity contribution in [3.8, 4) is 28.5 Å². The summed E-state index contributed by atoms with van der Waals surface area (Å²) >= 11 is 12.3. The maximum atomic E-state index is 12.6. The van der Waals surface area contributed by atoms with E-state index in [0.717, 1.165) is 5.56 Å². The number of carboxylic acids is 1. The summed E-state index contributed by atoms with van der Waals surface area (Å²) in [6.45, 7) is 0.293. The number of hydrogen-bond donors (Lipinski definition) is 2. The average molecular weight is 525 g/mol. The summed E-state index contributed by atoms with van der Waals surface area (Å²) in [6, 6.07) is 18.2. The second kappa shape index (κ2) is 9.93. The van der Waals surface area contributed by atoms with Gasteiger partial charge in [0.15, 0.2) is 0 Å². The van der Waals surface area contributed by atoms with Gasteiger partial charge in [-0.05, 0) is 48.9 Å². The van der Waals surface area contributed by atoms with E-state index in [2.05, 4.69) is 10.5 Å². The molecule has 8 nitrogen and oxygen atoms in total. The monoisotopic (exact) mass is 524 g/mol. The molecule has 2 heterocycles. The summed E-state index contributed by atoms with van der Waals surface area (Å²) in [6.07, 6.45) is 0.374. The fourth-order valence-electron chi connectivity index (χ4n) is 3.80. The van der Waals surface area contributed by atoms with Crippen molar-refractivity contribution in [1.29, 1.82) is 0 Å². The number of anilines is 1. The minimum atomic E-state index is -0.926. The van der Waals surface area contributed by atoms with Crippen LogP contribution in [0.4, 0.5) is 5.88 Å². The molecule has 0 aliphatic carbocycles. The van der Waals surface area contributed by atoms with Crippen LogP contribution < -0.4 is 14.8 Å². The molecule has 0 saturated heterocycles. The third-order valence-electron chi connectivity index (χ3n) is 5.63. The van der Waals surface area contributed by atoms with E-state index >= 15 is 0 Å². The van der Waals surface area contributed by atoms with Crippen molar-refractivity contribution in [2.45, 2.75) is 12.3 Å². The van der Waals surface area contributed by atoms with E-state index < -0.39 is 11.9 Å². The molecule has 1 aliphatic rings. The number of nitrogens with zero attached hydrogens (tertiary/aromatic N) is 1. The molecule has 1 aromatic heterocycles. The van der Waals surface area contributed by atoms with Crippen LogP contribution in [0.2, 0.25) is 10.0 Å². The zero-order valence-corrected chi connectivity index (χ0v) is 20.0. The van der Waals surface area contributed by atoms with Gasteiger partial charge >= 0.3 is 5.97 Å². The molecule has 1 aliphatic heterocycles. The topological polar surface area (TPSA) is 111 Å². The lowest BCUT2D eigenvalue weighted by Gasteiger charge is -2.24. The first-order valence-electron chi connectivity index (χ1n) is 10.9. The van der Waals surface area contributed by atoms with Crippen molar-refractivity contribution in [3.05, 3.63) is 87.9 Å². The molecule has 3 aromatic carbocycles. The van der Waals surface area contributed by atoms with Gasteiger partial charge < -0.3 is 19.1 Å². The quantitative estimate of drug-likeness (QED) is 0.290. The Labute approximate surface area is 215 Å². The van der Waals surface area contributed by atoms with Gasteiger partial charge in [0.1, 0.15) is 22.9 Å². The van der Waals surface area contributed by atoms with Gasteiger partial charge in [-0.2, -0.15) is 0 Å². The Hall–Kier alpha value is -4.01. The number of aromatic nitrogens is 1. The smallest absolute Gasteiger partial charge is 0.311 e. The number of carbonyl (C=O) groups is 2. The Morgan fingerprint density at radius 3 is 2.50 bits per heavy atom. The third kappa shape index (κ3) is 5.00. The molecule has 36 heavy (non-hydrogen) atoms. The predicted octanol–water partition coefficient (Wildman–Crippen LogP) is 6.64. The van der Waals surface area contributed by atoms with Crippen LogP contribution in [0.5, 0.6) is 17.2 Å². The van der Waals surface area contributed by atoms with Crippen LogP contribution in [0, 0.1) is 0 Å². The molecular weight excluding hydrogens is 507 g/mol. The average Bonchev–Trinajstić information content (AvgIpc) is 3.33. The molecule has 182 valence electrons. The van der Waals surface area contributed by atoms with Crippen molar-refractivity contribution >= 4 is 41.0 Å². The SMILES string of the molecule is O=C(Nc1cc(-c2ccc(Cl)cc2)no1)c1ccc(Oc2cc3c(cc2Cl)C(C(=O)O)CCO3)cc1. The van der Waals surface area contributed by atoms with Crippen LogP contribution in [0.3, 0.4) is 0 Å². The Morgan fingerprint density at radius 1 is 1.03 bits per heavy atom. The largest absolute Gasteiger partial charge is 0.493 e. The first-order valence-corrected chi connectivity index (χ1v) is 11.6. The van der Waals surface area contributed by atoms with Crippen LogP contribution >= 0.6 is 23.2 Å². The molecule has 0 saturated carbocycles. The molecule has 4 aromatic rings. The third-order valence-corrected chi connectivity index (χ3v) is 6.18. The van der Waals surface area contributed by atoms with Crippen molar-refractivity contribution in [2.75, 3.05) is 11.9 Å². The highest BCUT2D eigenvalue weighted by atomic mass is 35.5. The molecule has 0 bridgehead atoms. The highest BCUT2D eigenvalue weighted by molar-refractivity contribution is 6.32. The van der Waals surface area contributed by atoms with Crippen LogP contribution in [0.15, 0.2) is 71.3 Å². The molecule has 5 rings (SSSR count). The van der Waals surface area contributed by atoms with Crippen molar-refractivity contribution < 1.29 is 28.7 Å². The molecule has 0 spiro atoms. The number of carboxylic acid groups (broad SMARTS) is 1. The Balaban J connectivity index is 1.26. The fourth-order valence-corrected chi connectivity index (χ4v) is 4.14. The van der Waals surface area contributed by atoms with E-state index in [1.807, 2.05) is 0 Å². The number of amides is 1. The van der Waals surface area contributed by atoms with E-state index in [9.17, 15) is 14.7 Å². The number of rotatable bonds is 6. The standard InChI is InChI=1S/C26H18Cl2N2O6/c27-16-5-1-14(2-6-16)21-12-24(36-30-21)29-25(31)15-3-7-17(8-4-15)35-23-13-22-19(11-20(23)28)18(26(32)33)9-10-34-22/h1-8,11-13,18H,9-10H2,(H,29,31)(H,32,33). The molecule has 1 unspecified atom stereocenters.